The molecule has 2 rings (SSSR count). The smallest absolute Gasteiger partial charge is 0.235 e. The standard InChI is InChI=1S/C14H13ClN2O3S2/c1-8-2-3-9(6-10(8)15)16-11(18)7-22-14(21)17-12(19)4-5-13(17)20/h2-3,6H,4-5,7H2,1H3,(H,16,18). The van der Waals surface area contributed by atoms with Crippen LogP contribution in [-0.4, -0.2) is 32.7 Å². The number of nitrogens with zero attached hydrogens (tertiary/aromatic N) is 1. The molecule has 1 aromatic carbocycles. The van der Waals surface area contributed by atoms with E-state index in [9.17, 15) is 14.4 Å². The zero-order chi connectivity index (χ0) is 16.3. The van der Waals surface area contributed by atoms with E-state index in [0.717, 1.165) is 22.2 Å². The summed E-state index contributed by atoms with van der Waals surface area (Å²) in [6.07, 6.45) is 0.348. The maximum atomic E-state index is 11.9. The van der Waals surface area contributed by atoms with E-state index in [-0.39, 0.29) is 40.6 Å². The number of hydrogen-bond acceptors (Lipinski definition) is 5. The predicted octanol–water partition coefficient (Wildman–Crippen LogP) is 2.75. The van der Waals surface area contributed by atoms with E-state index in [4.69, 9.17) is 23.8 Å². The van der Waals surface area contributed by atoms with E-state index in [0.29, 0.717) is 10.7 Å². The first-order valence-electron chi connectivity index (χ1n) is 6.47. The molecule has 1 heterocycles. The van der Waals surface area contributed by atoms with Gasteiger partial charge in [-0.1, -0.05) is 41.6 Å². The van der Waals surface area contributed by atoms with E-state index < -0.39 is 0 Å². The Morgan fingerprint density at radius 3 is 2.59 bits per heavy atom. The first-order valence-corrected chi connectivity index (χ1v) is 8.24. The molecular weight excluding hydrogens is 344 g/mol. The molecule has 3 amide bonds. The zero-order valence-electron chi connectivity index (χ0n) is 11.7. The van der Waals surface area contributed by atoms with Gasteiger partial charge in [-0.3, -0.25) is 14.4 Å². The highest BCUT2D eigenvalue weighted by molar-refractivity contribution is 8.23. The number of anilines is 1. The van der Waals surface area contributed by atoms with Crippen LogP contribution in [0.25, 0.3) is 0 Å². The minimum absolute atomic E-state index is 0.0153. The van der Waals surface area contributed by atoms with Crippen LogP contribution in [0.3, 0.4) is 0 Å². The summed E-state index contributed by atoms with van der Waals surface area (Å²) in [5.74, 6) is -0.894. The number of amides is 3. The van der Waals surface area contributed by atoms with Gasteiger partial charge in [0.25, 0.3) is 0 Å². The van der Waals surface area contributed by atoms with Gasteiger partial charge < -0.3 is 5.32 Å². The van der Waals surface area contributed by atoms with E-state index in [1.54, 1.807) is 18.2 Å². The molecule has 1 fully saturated rings. The number of likely N-dealkylation sites (tertiary alicyclic amines) is 1. The zero-order valence-corrected chi connectivity index (χ0v) is 14.1. The Morgan fingerprint density at radius 1 is 1.36 bits per heavy atom. The Balaban J connectivity index is 1.87. The molecule has 0 saturated carbocycles. The van der Waals surface area contributed by atoms with Crippen LogP contribution in [0.5, 0.6) is 0 Å². The van der Waals surface area contributed by atoms with Crippen molar-refractivity contribution in [3.05, 3.63) is 28.8 Å². The summed E-state index contributed by atoms with van der Waals surface area (Å²) >= 11 is 12.0. The molecule has 1 aromatic rings. The van der Waals surface area contributed by atoms with Gasteiger partial charge in [-0.2, -0.15) is 0 Å². The number of rotatable bonds is 3. The third-order valence-electron chi connectivity index (χ3n) is 3.02. The summed E-state index contributed by atoms with van der Waals surface area (Å²) in [6.45, 7) is 1.87. The summed E-state index contributed by atoms with van der Waals surface area (Å²) in [5.41, 5.74) is 1.50. The molecule has 0 aromatic heterocycles. The maximum absolute atomic E-state index is 11.9. The van der Waals surface area contributed by atoms with E-state index in [1.165, 1.54) is 0 Å². The van der Waals surface area contributed by atoms with Crippen LogP contribution in [0.2, 0.25) is 5.02 Å². The highest BCUT2D eigenvalue weighted by Crippen LogP contribution is 2.21. The van der Waals surface area contributed by atoms with Crippen LogP contribution in [0.15, 0.2) is 18.2 Å². The highest BCUT2D eigenvalue weighted by atomic mass is 35.5. The molecule has 0 radical (unpaired) electrons. The second-order valence-electron chi connectivity index (χ2n) is 4.69. The molecule has 1 aliphatic rings. The normalized spacial score (nSPS) is 14.4. The lowest BCUT2D eigenvalue weighted by atomic mass is 10.2. The average molecular weight is 357 g/mol. The third kappa shape index (κ3) is 4.06. The summed E-state index contributed by atoms with van der Waals surface area (Å²) < 4.78 is 0.115. The number of thioether (sulfide) groups is 1. The number of carbonyl (C=O) groups is 3. The van der Waals surface area contributed by atoms with Crippen molar-refractivity contribution in [2.24, 2.45) is 0 Å². The first kappa shape index (κ1) is 16.9. The molecule has 0 aliphatic carbocycles. The third-order valence-corrected chi connectivity index (χ3v) is 4.80. The van der Waals surface area contributed by atoms with Crippen LogP contribution in [0.4, 0.5) is 5.69 Å². The summed E-state index contributed by atoms with van der Waals surface area (Å²) in [5, 5.41) is 3.25. The van der Waals surface area contributed by atoms with Gasteiger partial charge in [-0.05, 0) is 24.6 Å². The lowest BCUT2D eigenvalue weighted by molar-refractivity contribution is -0.133. The van der Waals surface area contributed by atoms with Crippen molar-refractivity contribution < 1.29 is 14.4 Å². The molecule has 8 heteroatoms. The van der Waals surface area contributed by atoms with Gasteiger partial charge in [-0.15, -0.1) is 0 Å². The summed E-state index contributed by atoms with van der Waals surface area (Å²) in [6, 6.07) is 5.21. The Kier molecular flexibility index (Phi) is 5.55. The molecule has 0 atom stereocenters. The second-order valence-corrected chi connectivity index (χ2v) is 6.71. The fourth-order valence-corrected chi connectivity index (χ4v) is 3.06. The van der Waals surface area contributed by atoms with Gasteiger partial charge in [0.15, 0.2) is 0 Å². The molecule has 22 heavy (non-hydrogen) atoms. The predicted molar refractivity (Wildman–Crippen MR) is 91.0 cm³/mol. The molecule has 1 aliphatic heterocycles. The second kappa shape index (κ2) is 7.21. The number of aryl methyl sites for hydroxylation is 1. The molecule has 0 unspecified atom stereocenters. The number of halogens is 1. The number of nitrogens with one attached hydrogen (secondary N) is 1. The van der Waals surface area contributed by atoms with Crippen LogP contribution in [0.1, 0.15) is 18.4 Å². The SMILES string of the molecule is Cc1ccc(NC(=O)CSC(=S)N2C(=O)CCC2=O)cc1Cl. The van der Waals surface area contributed by atoms with Crippen molar-refractivity contribution in [1.29, 1.82) is 0 Å². The van der Waals surface area contributed by atoms with Gasteiger partial charge >= 0.3 is 0 Å². The first-order chi connectivity index (χ1) is 10.4. The number of thiocarbonyl (C=S) groups is 1. The van der Waals surface area contributed by atoms with Gasteiger partial charge in [0.05, 0.1) is 5.75 Å². The van der Waals surface area contributed by atoms with E-state index in [2.05, 4.69) is 5.32 Å². The minimum Gasteiger partial charge on any atom is -0.325 e. The van der Waals surface area contributed by atoms with E-state index >= 15 is 0 Å². The van der Waals surface area contributed by atoms with Crippen LogP contribution < -0.4 is 5.32 Å². The van der Waals surface area contributed by atoms with Gasteiger partial charge in [-0.25, -0.2) is 4.90 Å². The van der Waals surface area contributed by atoms with Crippen molar-refractivity contribution in [2.45, 2.75) is 19.8 Å². The number of carbonyl (C=O) groups excluding carboxylic acids is 3. The molecule has 116 valence electrons. The fraction of sp³-hybridized carbons (Fsp3) is 0.286. The van der Waals surface area contributed by atoms with Crippen LogP contribution in [0, 0.1) is 6.92 Å². The van der Waals surface area contributed by atoms with Crippen molar-refractivity contribution in [1.82, 2.24) is 4.90 Å². The molecule has 0 bridgehead atoms. The lowest BCUT2D eigenvalue weighted by Gasteiger charge is -2.14. The number of benzene rings is 1. The summed E-state index contributed by atoms with van der Waals surface area (Å²) in [7, 11) is 0. The molecule has 5 nitrogen and oxygen atoms in total. The van der Waals surface area contributed by atoms with Crippen molar-refractivity contribution in [2.75, 3.05) is 11.1 Å². The Bertz CT molecular complexity index is 647. The van der Waals surface area contributed by atoms with E-state index in [1.807, 2.05) is 6.92 Å². The van der Waals surface area contributed by atoms with Crippen molar-refractivity contribution in [3.63, 3.8) is 0 Å². The Labute approximate surface area is 142 Å². The van der Waals surface area contributed by atoms with Crippen LogP contribution >= 0.6 is 35.6 Å². The summed E-state index contributed by atoms with van der Waals surface area (Å²) in [4.78, 5) is 35.9. The van der Waals surface area contributed by atoms with Crippen molar-refractivity contribution >= 4 is 63.3 Å². The quantitative estimate of drug-likeness (QED) is 0.666. The van der Waals surface area contributed by atoms with Gasteiger partial charge in [0, 0.05) is 23.6 Å². The topological polar surface area (TPSA) is 66.5 Å². The van der Waals surface area contributed by atoms with Gasteiger partial charge in [0.2, 0.25) is 17.7 Å². The monoisotopic (exact) mass is 356 g/mol. The van der Waals surface area contributed by atoms with Crippen molar-refractivity contribution in [3.8, 4) is 0 Å². The largest absolute Gasteiger partial charge is 0.325 e. The molecule has 1 saturated heterocycles. The highest BCUT2D eigenvalue weighted by Gasteiger charge is 2.32. The molecule has 0 spiro atoms. The lowest BCUT2D eigenvalue weighted by Crippen LogP contribution is -2.33. The average Bonchev–Trinajstić information content (AvgIpc) is 2.80. The molecule has 1 N–H and O–H groups in total. The minimum atomic E-state index is -0.312. The van der Waals surface area contributed by atoms with Crippen LogP contribution in [-0.2, 0) is 14.4 Å². The Morgan fingerprint density at radius 2 is 2.00 bits per heavy atom. The number of imide groups is 1. The maximum Gasteiger partial charge on any atom is 0.235 e. The van der Waals surface area contributed by atoms with Gasteiger partial charge in [0.1, 0.15) is 4.32 Å². The number of hydrogen-bond donors (Lipinski definition) is 1. The molecular formula is C14H13ClN2O3S2. The Hall–Kier alpha value is -1.44. The fourth-order valence-electron chi connectivity index (χ4n) is 1.84.